The minimum absolute atomic E-state index is 0.341. The number of carbonyl (C=O) groups is 3. The van der Waals surface area contributed by atoms with Crippen molar-refractivity contribution in [1.29, 1.82) is 0 Å². The molecule has 3 rings (SSSR count). The molecule has 0 unspecified atom stereocenters. The van der Waals surface area contributed by atoms with Crippen molar-refractivity contribution in [1.82, 2.24) is 10.4 Å². The van der Waals surface area contributed by atoms with Gasteiger partial charge in [-0.1, -0.05) is 18.2 Å². The maximum Gasteiger partial charge on any atom is 0.279 e. The van der Waals surface area contributed by atoms with Crippen molar-refractivity contribution in [3.05, 3.63) is 41.5 Å². The molecule has 1 heterocycles. The second-order valence-corrected chi connectivity index (χ2v) is 6.73. The summed E-state index contributed by atoms with van der Waals surface area (Å²) in [5.74, 6) is -1.36. The van der Waals surface area contributed by atoms with E-state index in [9.17, 15) is 14.4 Å². The second-order valence-electron chi connectivity index (χ2n) is 6.73. The maximum atomic E-state index is 12.4. The van der Waals surface area contributed by atoms with E-state index in [0.29, 0.717) is 18.6 Å². The highest BCUT2D eigenvalue weighted by Gasteiger charge is 2.48. The number of fused-ring (bicyclic) bond motifs is 1. The molecule has 0 spiro atoms. The number of ether oxygens (including phenoxy) is 1. The molecule has 1 aliphatic carbocycles. The van der Waals surface area contributed by atoms with Crippen LogP contribution in [0.25, 0.3) is 0 Å². The van der Waals surface area contributed by atoms with Crippen LogP contribution < -0.4 is 10.2 Å². The number of carbonyl (C=O) groups excluding carboxylic acids is 3. The van der Waals surface area contributed by atoms with Gasteiger partial charge in [-0.05, 0) is 56.9 Å². The molecule has 3 amide bonds. The number of hydrazine groups is 1. The van der Waals surface area contributed by atoms with Crippen LogP contribution in [0.4, 0.5) is 0 Å². The fourth-order valence-corrected chi connectivity index (χ4v) is 3.37. The van der Waals surface area contributed by atoms with Crippen LogP contribution in [0.15, 0.2) is 30.4 Å². The van der Waals surface area contributed by atoms with E-state index in [4.69, 9.17) is 4.74 Å². The van der Waals surface area contributed by atoms with E-state index in [1.54, 1.807) is 6.92 Å². The van der Waals surface area contributed by atoms with Gasteiger partial charge in [0.05, 0.1) is 11.8 Å². The summed E-state index contributed by atoms with van der Waals surface area (Å²) in [6.07, 6.45) is 4.06. The van der Waals surface area contributed by atoms with Crippen molar-refractivity contribution in [2.24, 2.45) is 11.8 Å². The van der Waals surface area contributed by atoms with Gasteiger partial charge in [0.2, 0.25) is 0 Å². The van der Waals surface area contributed by atoms with E-state index in [2.05, 4.69) is 5.43 Å². The molecule has 132 valence electrons. The van der Waals surface area contributed by atoms with E-state index in [1.807, 2.05) is 44.2 Å². The average molecular weight is 342 g/mol. The number of rotatable bonds is 4. The number of benzene rings is 1. The number of nitrogens with zero attached hydrogens (tertiary/aromatic N) is 1. The normalized spacial score (nSPS) is 23.4. The topological polar surface area (TPSA) is 75.7 Å². The third-order valence-electron chi connectivity index (χ3n) is 4.61. The van der Waals surface area contributed by atoms with Gasteiger partial charge in [0, 0.05) is 0 Å². The molecule has 6 nitrogen and oxygen atoms in total. The van der Waals surface area contributed by atoms with Crippen LogP contribution in [0.3, 0.4) is 0 Å². The van der Waals surface area contributed by atoms with Crippen LogP contribution >= 0.6 is 0 Å². The van der Waals surface area contributed by atoms with E-state index in [0.717, 1.165) is 16.1 Å². The molecular formula is C19H22N2O4. The lowest BCUT2D eigenvalue weighted by Gasteiger charge is -2.20. The summed E-state index contributed by atoms with van der Waals surface area (Å²) in [5, 5.41) is 0.867. The summed E-state index contributed by atoms with van der Waals surface area (Å²) in [6, 6.07) is 5.68. The van der Waals surface area contributed by atoms with Gasteiger partial charge in [-0.15, -0.1) is 0 Å². The molecule has 2 aliphatic rings. The molecule has 1 saturated heterocycles. The van der Waals surface area contributed by atoms with Crippen molar-refractivity contribution in [3.8, 4) is 5.75 Å². The molecule has 1 aromatic carbocycles. The minimum atomic E-state index is -0.831. The minimum Gasteiger partial charge on any atom is -0.481 e. The Kier molecular flexibility index (Phi) is 4.61. The van der Waals surface area contributed by atoms with Crippen molar-refractivity contribution in [2.45, 2.75) is 39.7 Å². The lowest BCUT2D eigenvalue weighted by atomic mass is 9.85. The average Bonchev–Trinajstić information content (AvgIpc) is 2.79. The lowest BCUT2D eigenvalue weighted by Crippen LogP contribution is -2.50. The zero-order valence-electron chi connectivity index (χ0n) is 14.6. The van der Waals surface area contributed by atoms with Crippen LogP contribution in [0.1, 0.15) is 30.9 Å². The molecule has 25 heavy (non-hydrogen) atoms. The van der Waals surface area contributed by atoms with Crippen molar-refractivity contribution in [3.63, 3.8) is 0 Å². The van der Waals surface area contributed by atoms with Gasteiger partial charge in [0.25, 0.3) is 17.7 Å². The number of aryl methyl sites for hydroxylation is 2. The van der Waals surface area contributed by atoms with Gasteiger partial charge < -0.3 is 4.74 Å². The van der Waals surface area contributed by atoms with Gasteiger partial charge >= 0.3 is 0 Å². The quantitative estimate of drug-likeness (QED) is 0.671. The third kappa shape index (κ3) is 3.43. The first kappa shape index (κ1) is 17.2. The van der Waals surface area contributed by atoms with Gasteiger partial charge in [-0.2, -0.15) is 5.01 Å². The Balaban J connectivity index is 1.65. The van der Waals surface area contributed by atoms with Crippen LogP contribution in [0.5, 0.6) is 5.75 Å². The summed E-state index contributed by atoms with van der Waals surface area (Å²) in [7, 11) is 0. The monoisotopic (exact) mass is 342 g/mol. The SMILES string of the molecule is Cc1cc(C)cc(O[C@H](C)C(=O)NN2C(=O)[C@@H]3CC=CC[C@H]3C2=O)c1. The highest BCUT2D eigenvalue weighted by atomic mass is 16.5. The Hall–Kier alpha value is -2.63. The number of hydrogen-bond acceptors (Lipinski definition) is 4. The highest BCUT2D eigenvalue weighted by molar-refractivity contribution is 6.06. The largest absolute Gasteiger partial charge is 0.481 e. The van der Waals surface area contributed by atoms with E-state index >= 15 is 0 Å². The predicted octanol–water partition coefficient (Wildman–Crippen LogP) is 2.05. The van der Waals surface area contributed by atoms with Crippen LogP contribution in [-0.4, -0.2) is 28.8 Å². The summed E-state index contributed by atoms with van der Waals surface area (Å²) < 4.78 is 5.66. The first-order valence-corrected chi connectivity index (χ1v) is 8.45. The third-order valence-corrected chi connectivity index (χ3v) is 4.61. The summed E-state index contributed by atoms with van der Waals surface area (Å²) in [4.78, 5) is 37.1. The Morgan fingerprint density at radius 2 is 1.60 bits per heavy atom. The standard InChI is InChI=1S/C19H22N2O4/c1-11-8-12(2)10-14(9-11)25-13(3)17(22)20-21-18(23)15-6-4-5-7-16(15)19(21)24/h4-5,8-10,13,15-16H,6-7H2,1-3H3,(H,20,22)/t13-,15-,16-/m1/s1. The molecule has 1 aromatic rings. The van der Waals surface area contributed by atoms with Crippen LogP contribution in [-0.2, 0) is 14.4 Å². The molecule has 1 N–H and O–H groups in total. The van der Waals surface area contributed by atoms with E-state index in [-0.39, 0.29) is 23.7 Å². The molecule has 0 bridgehead atoms. The summed E-state index contributed by atoms with van der Waals surface area (Å²) >= 11 is 0. The Bertz CT molecular complexity index is 710. The van der Waals surface area contributed by atoms with E-state index in [1.165, 1.54) is 0 Å². The highest BCUT2D eigenvalue weighted by Crippen LogP contribution is 2.34. The second kappa shape index (κ2) is 6.70. The number of allylic oxidation sites excluding steroid dienone is 2. The van der Waals surface area contributed by atoms with Gasteiger partial charge in [0.1, 0.15) is 5.75 Å². The van der Waals surface area contributed by atoms with Gasteiger partial charge in [-0.3, -0.25) is 19.8 Å². The lowest BCUT2D eigenvalue weighted by molar-refractivity contribution is -0.151. The molecule has 1 aliphatic heterocycles. The number of amides is 3. The molecule has 3 atom stereocenters. The molecule has 1 fully saturated rings. The van der Waals surface area contributed by atoms with Gasteiger partial charge in [0.15, 0.2) is 6.10 Å². The summed E-state index contributed by atoms with van der Waals surface area (Å²) in [6.45, 7) is 5.48. The number of imide groups is 1. The smallest absolute Gasteiger partial charge is 0.279 e. The van der Waals surface area contributed by atoms with E-state index < -0.39 is 12.0 Å². The zero-order valence-corrected chi connectivity index (χ0v) is 14.6. The Morgan fingerprint density at radius 1 is 1.08 bits per heavy atom. The van der Waals surface area contributed by atoms with Gasteiger partial charge in [-0.25, -0.2) is 0 Å². The van der Waals surface area contributed by atoms with Crippen LogP contribution in [0, 0.1) is 25.7 Å². The first-order valence-electron chi connectivity index (χ1n) is 8.45. The molecule has 6 heteroatoms. The van der Waals surface area contributed by atoms with Crippen molar-refractivity contribution < 1.29 is 19.1 Å². The maximum absolute atomic E-state index is 12.4. The van der Waals surface area contributed by atoms with Crippen LogP contribution in [0.2, 0.25) is 0 Å². The molecule has 0 aromatic heterocycles. The fraction of sp³-hybridized carbons (Fsp3) is 0.421. The summed E-state index contributed by atoms with van der Waals surface area (Å²) in [5.41, 5.74) is 4.49. The Morgan fingerprint density at radius 3 is 2.12 bits per heavy atom. The fourth-order valence-electron chi connectivity index (χ4n) is 3.37. The zero-order chi connectivity index (χ0) is 18.1. The van der Waals surface area contributed by atoms with Crippen molar-refractivity contribution >= 4 is 17.7 Å². The predicted molar refractivity (Wildman–Crippen MR) is 91.4 cm³/mol. The molecular weight excluding hydrogens is 320 g/mol. The molecule has 0 radical (unpaired) electrons. The number of hydrogen-bond donors (Lipinski definition) is 1. The molecule has 0 saturated carbocycles. The first-order chi connectivity index (χ1) is 11.9. The Labute approximate surface area is 146 Å². The van der Waals surface area contributed by atoms with Crippen molar-refractivity contribution in [2.75, 3.05) is 0 Å². The number of nitrogens with one attached hydrogen (secondary N) is 1.